The number of fused-ring (bicyclic) bond motifs is 1. The summed E-state index contributed by atoms with van der Waals surface area (Å²) in [6.45, 7) is 0.414. The molecular weight excluding hydrogens is 433 g/mol. The minimum absolute atomic E-state index is 0.00293. The van der Waals surface area contributed by atoms with Gasteiger partial charge in [-0.3, -0.25) is 4.79 Å². The van der Waals surface area contributed by atoms with Gasteiger partial charge in [0.1, 0.15) is 5.75 Å². The molecule has 1 aromatic heterocycles. The molecule has 5 nitrogen and oxygen atoms in total. The van der Waals surface area contributed by atoms with E-state index in [1.54, 1.807) is 25.4 Å². The van der Waals surface area contributed by atoms with Crippen LogP contribution in [0.3, 0.4) is 0 Å². The van der Waals surface area contributed by atoms with Crippen molar-refractivity contribution in [2.24, 2.45) is 5.41 Å². The molecule has 33 heavy (non-hydrogen) atoms. The molecule has 1 amide bonds. The van der Waals surface area contributed by atoms with Crippen molar-refractivity contribution in [3.63, 3.8) is 0 Å². The number of rotatable bonds is 7. The van der Waals surface area contributed by atoms with Crippen molar-refractivity contribution in [1.82, 2.24) is 4.98 Å². The van der Waals surface area contributed by atoms with E-state index in [9.17, 15) is 18.0 Å². The number of hydrogen-bond acceptors (Lipinski definition) is 3. The van der Waals surface area contributed by atoms with Crippen molar-refractivity contribution >= 4 is 22.5 Å². The third-order valence-electron chi connectivity index (χ3n) is 6.76. The van der Waals surface area contributed by atoms with Gasteiger partial charge in [-0.1, -0.05) is 12.1 Å². The quantitative estimate of drug-likeness (QED) is 0.465. The lowest BCUT2D eigenvalue weighted by molar-refractivity contribution is -0.137. The number of halogens is 3. The highest BCUT2D eigenvalue weighted by Gasteiger charge is 2.50. The van der Waals surface area contributed by atoms with Crippen molar-refractivity contribution in [1.29, 1.82) is 0 Å². The van der Waals surface area contributed by atoms with Crippen molar-refractivity contribution < 1.29 is 27.4 Å². The van der Waals surface area contributed by atoms with Crippen LogP contribution in [0.2, 0.25) is 0 Å². The lowest BCUT2D eigenvalue weighted by Gasteiger charge is -2.35. The van der Waals surface area contributed by atoms with Crippen LogP contribution in [0, 0.1) is 5.41 Å². The highest BCUT2D eigenvalue weighted by atomic mass is 19.4. The Kier molecular flexibility index (Phi) is 5.35. The number of aromatic nitrogens is 1. The van der Waals surface area contributed by atoms with Crippen LogP contribution in [0.5, 0.6) is 5.75 Å². The number of amides is 1. The maximum atomic E-state index is 12.8. The Morgan fingerprint density at radius 2 is 1.88 bits per heavy atom. The Morgan fingerprint density at radius 1 is 1.15 bits per heavy atom. The maximum absolute atomic E-state index is 12.8. The molecule has 1 heterocycles. The molecule has 8 heteroatoms. The molecule has 3 aromatic rings. The van der Waals surface area contributed by atoms with Gasteiger partial charge in [-0.05, 0) is 67.5 Å². The maximum Gasteiger partial charge on any atom is 0.416 e. The van der Waals surface area contributed by atoms with E-state index < -0.39 is 17.2 Å². The van der Waals surface area contributed by atoms with Gasteiger partial charge in [-0.25, -0.2) is 0 Å². The molecule has 174 valence electrons. The first-order valence-corrected chi connectivity index (χ1v) is 11.0. The van der Waals surface area contributed by atoms with Gasteiger partial charge in [0.2, 0.25) is 5.91 Å². The zero-order chi connectivity index (χ0) is 23.2. The van der Waals surface area contributed by atoms with E-state index in [1.165, 1.54) is 0 Å². The standard InChI is InChI=1S/C25H25F3N2O3/c1-32-14-24(8-9-24)23(31)30-22-13-29-21-7-6-18(12-20(21)22)33-19-10-16(11-19)15-2-4-17(5-3-15)25(26,27)28/h2-7,12-13,16,19,29H,8-11,14H2,1H3,(H,30,31)/t16-,19-. The number of hydrogen-bond donors (Lipinski definition) is 2. The number of H-pyrrole nitrogens is 1. The molecule has 0 radical (unpaired) electrons. The van der Waals surface area contributed by atoms with Crippen molar-refractivity contribution in [2.45, 2.75) is 43.9 Å². The predicted octanol–water partition coefficient (Wildman–Crippen LogP) is 5.88. The van der Waals surface area contributed by atoms with Crippen LogP contribution >= 0.6 is 0 Å². The number of alkyl halides is 3. The van der Waals surface area contributed by atoms with Crippen LogP contribution in [-0.4, -0.2) is 30.7 Å². The summed E-state index contributed by atoms with van der Waals surface area (Å²) in [5.74, 6) is 0.861. The van der Waals surface area contributed by atoms with Crippen molar-refractivity contribution in [3.8, 4) is 5.75 Å². The van der Waals surface area contributed by atoms with Crippen molar-refractivity contribution in [2.75, 3.05) is 19.0 Å². The molecule has 2 saturated carbocycles. The fourth-order valence-electron chi connectivity index (χ4n) is 4.47. The van der Waals surface area contributed by atoms with Gasteiger partial charge in [0, 0.05) is 24.2 Å². The number of nitrogens with one attached hydrogen (secondary N) is 2. The molecule has 5 rings (SSSR count). The fourth-order valence-corrected chi connectivity index (χ4v) is 4.47. The molecule has 0 saturated heterocycles. The SMILES string of the molecule is COCC1(C(=O)Nc2c[nH]c3ccc(O[C@H]4C[C@H](c5ccc(C(F)(F)F)cc5)C4)cc23)CC1. The van der Waals surface area contributed by atoms with Crippen LogP contribution in [0.25, 0.3) is 10.9 Å². The van der Waals surface area contributed by atoms with Gasteiger partial charge in [-0.2, -0.15) is 13.2 Å². The first-order valence-electron chi connectivity index (χ1n) is 11.0. The van der Waals surface area contributed by atoms with E-state index in [4.69, 9.17) is 9.47 Å². The van der Waals surface area contributed by atoms with Gasteiger partial charge in [-0.15, -0.1) is 0 Å². The van der Waals surface area contributed by atoms with E-state index in [1.807, 2.05) is 18.2 Å². The molecule has 2 fully saturated rings. The fraction of sp³-hybridized carbons (Fsp3) is 0.400. The van der Waals surface area contributed by atoms with E-state index in [0.29, 0.717) is 18.0 Å². The molecule has 0 spiro atoms. The molecule has 0 aliphatic heterocycles. The molecule has 0 atom stereocenters. The molecule has 2 N–H and O–H groups in total. The second kappa shape index (κ2) is 8.09. The van der Waals surface area contributed by atoms with E-state index in [2.05, 4.69) is 10.3 Å². The monoisotopic (exact) mass is 458 g/mol. The third kappa shape index (κ3) is 4.31. The van der Waals surface area contributed by atoms with Crippen LogP contribution < -0.4 is 10.1 Å². The van der Waals surface area contributed by atoms with Crippen molar-refractivity contribution in [3.05, 3.63) is 59.8 Å². The Balaban J connectivity index is 1.22. The summed E-state index contributed by atoms with van der Waals surface area (Å²) in [4.78, 5) is 15.9. The van der Waals surface area contributed by atoms with Crippen LogP contribution in [0.15, 0.2) is 48.7 Å². The number of carbonyl (C=O) groups is 1. The summed E-state index contributed by atoms with van der Waals surface area (Å²) < 4.78 is 49.6. The smallest absolute Gasteiger partial charge is 0.416 e. The second-order valence-electron chi connectivity index (χ2n) is 9.11. The largest absolute Gasteiger partial charge is 0.490 e. The summed E-state index contributed by atoms with van der Waals surface area (Å²) in [5, 5.41) is 3.89. The lowest BCUT2D eigenvalue weighted by atomic mass is 9.77. The molecule has 2 aromatic carbocycles. The minimum Gasteiger partial charge on any atom is -0.490 e. The summed E-state index contributed by atoms with van der Waals surface area (Å²) in [6, 6.07) is 11.1. The zero-order valence-electron chi connectivity index (χ0n) is 18.2. The number of aromatic amines is 1. The predicted molar refractivity (Wildman–Crippen MR) is 118 cm³/mol. The van der Waals surface area contributed by atoms with E-state index in [0.717, 1.165) is 54.3 Å². The van der Waals surface area contributed by atoms with Crippen LogP contribution in [0.1, 0.15) is 42.7 Å². The van der Waals surface area contributed by atoms with Crippen LogP contribution in [-0.2, 0) is 15.7 Å². The molecule has 2 aliphatic rings. The topological polar surface area (TPSA) is 63.3 Å². The zero-order valence-corrected chi connectivity index (χ0v) is 18.2. The Labute approximate surface area is 189 Å². The van der Waals surface area contributed by atoms with E-state index in [-0.39, 0.29) is 17.9 Å². The Morgan fingerprint density at radius 3 is 2.52 bits per heavy atom. The number of carbonyl (C=O) groups excluding carboxylic acids is 1. The number of anilines is 1. The van der Waals surface area contributed by atoms with Gasteiger partial charge in [0.15, 0.2) is 0 Å². The molecule has 0 bridgehead atoms. The number of ether oxygens (including phenoxy) is 2. The summed E-state index contributed by atoms with van der Waals surface area (Å²) in [5.41, 5.74) is 1.45. The summed E-state index contributed by atoms with van der Waals surface area (Å²) in [6.07, 6.45) is 0.611. The van der Waals surface area contributed by atoms with Gasteiger partial charge in [0.25, 0.3) is 0 Å². The molecular formula is C25H25F3N2O3. The highest BCUT2D eigenvalue weighted by molar-refractivity contribution is 6.04. The Bertz CT molecular complexity index is 1160. The summed E-state index contributed by atoms with van der Waals surface area (Å²) >= 11 is 0. The van der Waals surface area contributed by atoms with Gasteiger partial charge >= 0.3 is 6.18 Å². The second-order valence-corrected chi connectivity index (χ2v) is 9.11. The Hall–Kier alpha value is -3.00. The lowest BCUT2D eigenvalue weighted by Crippen LogP contribution is -2.32. The normalized spacial score (nSPS) is 21.5. The minimum atomic E-state index is -4.32. The average molecular weight is 458 g/mol. The van der Waals surface area contributed by atoms with Crippen LogP contribution in [0.4, 0.5) is 18.9 Å². The highest BCUT2D eigenvalue weighted by Crippen LogP contribution is 2.47. The summed E-state index contributed by atoms with van der Waals surface area (Å²) in [7, 11) is 1.60. The first-order chi connectivity index (χ1) is 15.8. The number of methoxy groups -OCH3 is 1. The van der Waals surface area contributed by atoms with Gasteiger partial charge < -0.3 is 19.8 Å². The first kappa shape index (κ1) is 21.8. The average Bonchev–Trinajstić information content (AvgIpc) is 3.44. The molecule has 2 aliphatic carbocycles. The van der Waals surface area contributed by atoms with Gasteiger partial charge in [0.05, 0.1) is 29.4 Å². The third-order valence-corrected chi connectivity index (χ3v) is 6.76. The van der Waals surface area contributed by atoms with E-state index >= 15 is 0 Å². The molecule has 0 unspecified atom stereocenters. The number of benzene rings is 2.